The number of nitrogens with zero attached hydrogens (tertiary/aromatic N) is 4. The Morgan fingerprint density at radius 1 is 1.13 bits per heavy atom. The molecule has 3 rings (SSSR count). The molecule has 0 atom stereocenters. The summed E-state index contributed by atoms with van der Waals surface area (Å²) in [7, 11) is -1.53. The molecule has 0 amide bonds. The maximum atomic E-state index is 13.3. The fourth-order valence-electron chi connectivity index (χ4n) is 2.18. The molecule has 0 saturated heterocycles. The normalized spacial score (nSPS) is 12.0. The highest BCUT2D eigenvalue weighted by Gasteiger charge is 2.22. The molecule has 0 radical (unpaired) electrons. The summed E-state index contributed by atoms with van der Waals surface area (Å²) in [5.74, 6) is -0.717. The zero-order chi connectivity index (χ0) is 16.9. The molecule has 0 spiro atoms. The van der Waals surface area contributed by atoms with Gasteiger partial charge >= 0.3 is 5.69 Å². The lowest BCUT2D eigenvalue weighted by atomic mass is 10.4. The van der Waals surface area contributed by atoms with E-state index in [1.165, 1.54) is 26.2 Å². The molecule has 8 nitrogen and oxygen atoms in total. The Hall–Kier alpha value is -2.75. The van der Waals surface area contributed by atoms with Gasteiger partial charge in [-0.1, -0.05) is 6.07 Å². The number of fused-ring (bicyclic) bond motifs is 1. The van der Waals surface area contributed by atoms with Gasteiger partial charge in [-0.3, -0.25) is 13.9 Å². The van der Waals surface area contributed by atoms with E-state index in [2.05, 4.69) is 5.10 Å². The Morgan fingerprint density at radius 3 is 2.48 bits per heavy atom. The molecular formula is C13H11FN4O4S. The van der Waals surface area contributed by atoms with E-state index < -0.39 is 27.1 Å². The fraction of sp³-hybridized carbons (Fsp3) is 0.154. The lowest BCUT2D eigenvalue weighted by Gasteiger charge is -2.03. The maximum Gasteiger partial charge on any atom is 0.332 e. The standard InChI is InChI=1S/C13H11FN4O4S/c1-16-11-10(12(19)17(2)13(16)20)7-18(15-11)23(21,22)9-5-3-4-8(14)6-9/h3-7H,1-2H3. The number of benzene rings is 1. The SMILES string of the molecule is Cn1c(=O)c2cn(S(=O)(=O)c3cccc(F)c3)nc2n(C)c1=O. The third-order valence-electron chi connectivity index (χ3n) is 3.44. The van der Waals surface area contributed by atoms with Gasteiger partial charge in [0.05, 0.1) is 11.1 Å². The van der Waals surface area contributed by atoms with E-state index in [4.69, 9.17) is 0 Å². The fourth-order valence-corrected chi connectivity index (χ4v) is 3.34. The number of halogens is 1. The predicted molar refractivity (Wildman–Crippen MR) is 79.2 cm³/mol. The molecule has 0 aliphatic carbocycles. The van der Waals surface area contributed by atoms with Crippen molar-refractivity contribution in [3.8, 4) is 0 Å². The minimum absolute atomic E-state index is 0.0328. The van der Waals surface area contributed by atoms with Crippen molar-refractivity contribution >= 4 is 21.1 Å². The Morgan fingerprint density at radius 2 is 1.83 bits per heavy atom. The molecule has 1 aromatic carbocycles. The zero-order valence-electron chi connectivity index (χ0n) is 12.1. The second-order valence-corrected chi connectivity index (χ2v) is 6.70. The zero-order valence-corrected chi connectivity index (χ0v) is 12.9. The van der Waals surface area contributed by atoms with Gasteiger partial charge < -0.3 is 0 Å². The van der Waals surface area contributed by atoms with Crippen LogP contribution in [0.4, 0.5) is 4.39 Å². The van der Waals surface area contributed by atoms with Crippen LogP contribution >= 0.6 is 0 Å². The largest absolute Gasteiger partial charge is 0.332 e. The van der Waals surface area contributed by atoms with Crippen LogP contribution in [0.15, 0.2) is 44.9 Å². The molecule has 0 aliphatic rings. The van der Waals surface area contributed by atoms with Crippen LogP contribution in [0.1, 0.15) is 0 Å². The Balaban J connectivity index is 2.34. The first-order valence-electron chi connectivity index (χ1n) is 6.40. The molecule has 2 heterocycles. The molecular weight excluding hydrogens is 327 g/mol. The van der Waals surface area contributed by atoms with E-state index in [0.29, 0.717) is 4.09 Å². The third-order valence-corrected chi connectivity index (χ3v) is 4.97. The molecule has 0 fully saturated rings. The molecule has 23 heavy (non-hydrogen) atoms. The van der Waals surface area contributed by atoms with Gasteiger partial charge in [-0.15, -0.1) is 5.10 Å². The summed E-state index contributed by atoms with van der Waals surface area (Å²) < 4.78 is 40.7. The second-order valence-electron chi connectivity index (χ2n) is 4.91. The summed E-state index contributed by atoms with van der Waals surface area (Å²) in [5, 5.41) is 3.78. The smallest absolute Gasteiger partial charge is 0.279 e. The quantitative estimate of drug-likeness (QED) is 0.645. The monoisotopic (exact) mass is 338 g/mol. The van der Waals surface area contributed by atoms with E-state index in [9.17, 15) is 22.4 Å². The number of rotatable bonds is 2. The Bertz CT molecular complexity index is 1160. The number of hydrogen-bond donors (Lipinski definition) is 0. The van der Waals surface area contributed by atoms with E-state index in [-0.39, 0.29) is 15.9 Å². The van der Waals surface area contributed by atoms with Gasteiger partial charge in [0, 0.05) is 14.1 Å². The summed E-state index contributed by atoms with van der Waals surface area (Å²) in [4.78, 5) is 23.6. The minimum Gasteiger partial charge on any atom is -0.279 e. The van der Waals surface area contributed by atoms with Crippen LogP contribution in [0, 0.1) is 5.82 Å². The third kappa shape index (κ3) is 2.18. The highest BCUT2D eigenvalue weighted by Crippen LogP contribution is 2.16. The topological polar surface area (TPSA) is 96.0 Å². The Kier molecular flexibility index (Phi) is 3.22. The molecule has 0 aliphatic heterocycles. The summed E-state index contributed by atoms with van der Waals surface area (Å²) in [5.41, 5.74) is -1.36. The average Bonchev–Trinajstić information content (AvgIpc) is 2.97. The molecule has 2 aromatic heterocycles. The van der Waals surface area contributed by atoms with Crippen molar-refractivity contribution in [2.24, 2.45) is 14.1 Å². The molecule has 0 bridgehead atoms. The molecule has 120 valence electrons. The van der Waals surface area contributed by atoms with Crippen LogP contribution < -0.4 is 11.2 Å². The lowest BCUT2D eigenvalue weighted by Crippen LogP contribution is -2.36. The van der Waals surface area contributed by atoms with Gasteiger partial charge in [-0.25, -0.2) is 9.18 Å². The highest BCUT2D eigenvalue weighted by molar-refractivity contribution is 7.89. The molecule has 3 aromatic rings. The summed E-state index contributed by atoms with van der Waals surface area (Å²) in [6.07, 6.45) is 1.01. The number of hydrogen-bond acceptors (Lipinski definition) is 5. The Labute approximate surface area is 129 Å². The first kappa shape index (κ1) is 15.2. The van der Waals surface area contributed by atoms with Gasteiger partial charge in [0.15, 0.2) is 5.65 Å². The van der Waals surface area contributed by atoms with E-state index in [1.54, 1.807) is 0 Å². The van der Waals surface area contributed by atoms with Gasteiger partial charge in [0.25, 0.3) is 15.6 Å². The van der Waals surface area contributed by atoms with E-state index in [0.717, 1.165) is 27.5 Å². The summed E-state index contributed by atoms with van der Waals surface area (Å²) >= 11 is 0. The minimum atomic E-state index is -4.18. The second kappa shape index (κ2) is 4.88. The van der Waals surface area contributed by atoms with Crippen LogP contribution in [-0.4, -0.2) is 26.7 Å². The van der Waals surface area contributed by atoms with Crippen molar-refractivity contribution in [3.63, 3.8) is 0 Å². The van der Waals surface area contributed by atoms with Crippen molar-refractivity contribution < 1.29 is 12.8 Å². The van der Waals surface area contributed by atoms with Crippen LogP contribution in [-0.2, 0) is 24.1 Å². The predicted octanol–water partition coefficient (Wildman–Crippen LogP) is -0.190. The van der Waals surface area contributed by atoms with Gasteiger partial charge in [0.2, 0.25) is 0 Å². The van der Waals surface area contributed by atoms with Crippen molar-refractivity contribution in [1.82, 2.24) is 18.3 Å². The van der Waals surface area contributed by atoms with Crippen molar-refractivity contribution in [2.45, 2.75) is 4.90 Å². The van der Waals surface area contributed by atoms with Crippen LogP contribution in [0.2, 0.25) is 0 Å². The van der Waals surface area contributed by atoms with Crippen molar-refractivity contribution in [2.75, 3.05) is 0 Å². The number of aryl methyl sites for hydroxylation is 1. The molecule has 0 N–H and O–H groups in total. The molecule has 0 unspecified atom stereocenters. The van der Waals surface area contributed by atoms with Crippen molar-refractivity contribution in [1.29, 1.82) is 0 Å². The van der Waals surface area contributed by atoms with Gasteiger partial charge in [-0.2, -0.15) is 12.5 Å². The molecule has 0 saturated carbocycles. The average molecular weight is 338 g/mol. The van der Waals surface area contributed by atoms with Crippen molar-refractivity contribution in [3.05, 3.63) is 57.1 Å². The summed E-state index contributed by atoms with van der Waals surface area (Å²) in [6, 6.07) is 4.42. The van der Waals surface area contributed by atoms with E-state index >= 15 is 0 Å². The summed E-state index contributed by atoms with van der Waals surface area (Å²) in [6.45, 7) is 0. The first-order valence-corrected chi connectivity index (χ1v) is 7.84. The first-order chi connectivity index (χ1) is 10.7. The van der Waals surface area contributed by atoms with Gasteiger partial charge in [-0.05, 0) is 18.2 Å². The van der Waals surface area contributed by atoms with Crippen LogP contribution in [0.3, 0.4) is 0 Å². The lowest BCUT2D eigenvalue weighted by molar-refractivity contribution is 0.576. The maximum absolute atomic E-state index is 13.3. The number of aromatic nitrogens is 4. The highest BCUT2D eigenvalue weighted by atomic mass is 32.2. The van der Waals surface area contributed by atoms with Crippen LogP contribution in [0.25, 0.3) is 11.0 Å². The van der Waals surface area contributed by atoms with Crippen LogP contribution in [0.5, 0.6) is 0 Å². The van der Waals surface area contributed by atoms with Gasteiger partial charge in [0.1, 0.15) is 11.2 Å². The van der Waals surface area contributed by atoms with E-state index in [1.807, 2.05) is 0 Å². The molecule has 10 heteroatoms.